The van der Waals surface area contributed by atoms with Crippen LogP contribution in [0.3, 0.4) is 0 Å². The van der Waals surface area contributed by atoms with Crippen LogP contribution in [-0.2, 0) is 21.0 Å². The SMILES string of the molecule is CN(C(=O)[C@]1(C#N)CC[C@@H](NS(=O)(=O)c2ccc(C(F)(F)F)cc2)CC1)[C@@H](c1ccccc1)C(C)(C)O. The lowest BCUT2D eigenvalue weighted by atomic mass is 9.72. The maximum atomic E-state index is 13.6. The molecule has 0 saturated heterocycles. The maximum absolute atomic E-state index is 13.6. The Morgan fingerprint density at radius 3 is 2.11 bits per heavy atom. The zero-order valence-corrected chi connectivity index (χ0v) is 21.6. The molecule has 0 spiro atoms. The Hall–Kier alpha value is -2.94. The predicted molar refractivity (Wildman–Crippen MR) is 130 cm³/mol. The average molecular weight is 538 g/mol. The number of nitrogens with one attached hydrogen (secondary N) is 1. The summed E-state index contributed by atoms with van der Waals surface area (Å²) in [5.74, 6) is -0.463. The zero-order valence-electron chi connectivity index (χ0n) is 20.8. The summed E-state index contributed by atoms with van der Waals surface area (Å²) in [5.41, 5.74) is -2.96. The van der Waals surface area contributed by atoms with E-state index in [4.69, 9.17) is 0 Å². The summed E-state index contributed by atoms with van der Waals surface area (Å²) in [6.45, 7) is 3.17. The summed E-state index contributed by atoms with van der Waals surface area (Å²) >= 11 is 0. The van der Waals surface area contributed by atoms with Crippen LogP contribution in [0.4, 0.5) is 13.2 Å². The molecule has 200 valence electrons. The monoisotopic (exact) mass is 537 g/mol. The first-order valence-corrected chi connectivity index (χ1v) is 13.2. The fourth-order valence-electron chi connectivity index (χ4n) is 4.91. The molecular weight excluding hydrogens is 507 g/mol. The first-order chi connectivity index (χ1) is 17.1. The molecule has 0 radical (unpaired) electrons. The number of carbonyl (C=O) groups excluding carboxylic acids is 1. The van der Waals surface area contributed by atoms with Gasteiger partial charge in [0.25, 0.3) is 0 Å². The minimum Gasteiger partial charge on any atom is -0.388 e. The molecule has 1 amide bonds. The molecule has 1 aliphatic carbocycles. The molecule has 2 N–H and O–H groups in total. The Morgan fingerprint density at radius 1 is 1.11 bits per heavy atom. The Kier molecular flexibility index (Phi) is 8.08. The number of sulfonamides is 1. The van der Waals surface area contributed by atoms with Gasteiger partial charge in [0.05, 0.1) is 28.2 Å². The normalized spacial score (nSPS) is 21.6. The van der Waals surface area contributed by atoms with Crippen molar-refractivity contribution >= 4 is 15.9 Å². The van der Waals surface area contributed by atoms with E-state index in [1.54, 1.807) is 38.1 Å². The molecule has 0 aliphatic heterocycles. The molecule has 1 atom stereocenters. The van der Waals surface area contributed by atoms with Crippen LogP contribution in [0.2, 0.25) is 0 Å². The number of halogens is 3. The largest absolute Gasteiger partial charge is 0.416 e. The summed E-state index contributed by atoms with van der Waals surface area (Å²) in [5, 5.41) is 20.8. The number of carbonyl (C=O) groups is 1. The van der Waals surface area contributed by atoms with Gasteiger partial charge in [-0.2, -0.15) is 18.4 Å². The van der Waals surface area contributed by atoms with E-state index in [0.717, 1.165) is 12.1 Å². The topological polar surface area (TPSA) is 111 Å². The van der Waals surface area contributed by atoms with Gasteiger partial charge in [-0.1, -0.05) is 30.3 Å². The van der Waals surface area contributed by atoms with Gasteiger partial charge in [-0.3, -0.25) is 4.79 Å². The highest BCUT2D eigenvalue weighted by molar-refractivity contribution is 7.89. The number of hydrogen-bond donors (Lipinski definition) is 2. The minimum absolute atomic E-state index is 0.0836. The van der Waals surface area contributed by atoms with Crippen LogP contribution >= 0.6 is 0 Å². The lowest BCUT2D eigenvalue weighted by molar-refractivity contribution is -0.147. The summed E-state index contributed by atoms with van der Waals surface area (Å²) in [6.07, 6.45) is -4.04. The van der Waals surface area contributed by atoms with Crippen molar-refractivity contribution in [1.29, 1.82) is 5.26 Å². The Labute approximate surface area is 215 Å². The van der Waals surface area contributed by atoms with Crippen molar-refractivity contribution in [2.24, 2.45) is 5.41 Å². The van der Waals surface area contributed by atoms with Crippen molar-refractivity contribution < 1.29 is 31.5 Å². The van der Waals surface area contributed by atoms with Gasteiger partial charge in [0.2, 0.25) is 15.9 Å². The second-order valence-electron chi connectivity index (χ2n) is 9.99. The molecular formula is C26H30F3N3O4S. The minimum atomic E-state index is -4.58. The number of likely N-dealkylation sites (N-methyl/N-ethyl adjacent to an activating group) is 1. The quantitative estimate of drug-likeness (QED) is 0.544. The number of alkyl halides is 3. The molecule has 2 aromatic carbocycles. The van der Waals surface area contributed by atoms with Gasteiger partial charge in [-0.05, 0) is 69.4 Å². The highest BCUT2D eigenvalue weighted by Gasteiger charge is 2.47. The molecule has 37 heavy (non-hydrogen) atoms. The number of rotatable bonds is 7. The fraction of sp³-hybridized carbons (Fsp3) is 0.462. The lowest BCUT2D eigenvalue weighted by Crippen LogP contribution is -2.51. The van der Waals surface area contributed by atoms with Crippen LogP contribution < -0.4 is 4.72 Å². The third-order valence-corrected chi connectivity index (χ3v) is 8.30. The van der Waals surface area contributed by atoms with E-state index in [1.807, 2.05) is 6.07 Å². The van der Waals surface area contributed by atoms with E-state index in [2.05, 4.69) is 10.8 Å². The molecule has 3 rings (SSSR count). The van der Waals surface area contributed by atoms with Crippen LogP contribution in [0.1, 0.15) is 56.7 Å². The second-order valence-corrected chi connectivity index (χ2v) is 11.7. The first kappa shape index (κ1) is 28.6. The van der Waals surface area contributed by atoms with Crippen molar-refractivity contribution in [2.75, 3.05) is 7.05 Å². The molecule has 0 unspecified atom stereocenters. The number of aliphatic hydroxyl groups is 1. The lowest BCUT2D eigenvalue weighted by Gasteiger charge is -2.42. The summed E-state index contributed by atoms with van der Waals surface area (Å²) in [6, 6.07) is 13.0. The van der Waals surface area contributed by atoms with Crippen LogP contribution in [0.15, 0.2) is 59.5 Å². The zero-order chi connectivity index (χ0) is 27.6. The Bertz CT molecular complexity index is 1240. The first-order valence-electron chi connectivity index (χ1n) is 11.8. The van der Waals surface area contributed by atoms with E-state index in [9.17, 15) is 36.8 Å². The molecule has 0 heterocycles. The van der Waals surface area contributed by atoms with E-state index in [1.165, 1.54) is 11.9 Å². The van der Waals surface area contributed by atoms with Gasteiger partial charge < -0.3 is 10.0 Å². The van der Waals surface area contributed by atoms with Gasteiger partial charge >= 0.3 is 6.18 Å². The molecule has 7 nitrogen and oxygen atoms in total. The smallest absolute Gasteiger partial charge is 0.388 e. The van der Waals surface area contributed by atoms with Crippen molar-refractivity contribution in [1.82, 2.24) is 9.62 Å². The number of nitrogens with zero attached hydrogens (tertiary/aromatic N) is 2. The van der Waals surface area contributed by atoms with E-state index in [-0.39, 0.29) is 30.6 Å². The van der Waals surface area contributed by atoms with Crippen LogP contribution in [0, 0.1) is 16.7 Å². The molecule has 0 aromatic heterocycles. The standard InChI is InChI=1S/C26H30F3N3O4S/c1-24(2,34)22(18-7-5-4-6-8-18)32(3)23(33)25(17-30)15-13-20(14-16-25)31-37(35,36)21-11-9-19(10-12-21)26(27,28)29/h4-12,20,22,31,34H,13-16H2,1-3H3/t20-,22-,25-/m0/s1. The average Bonchev–Trinajstić information content (AvgIpc) is 2.83. The van der Waals surface area contributed by atoms with E-state index >= 15 is 0 Å². The summed E-state index contributed by atoms with van der Waals surface area (Å²) < 4.78 is 66.3. The summed E-state index contributed by atoms with van der Waals surface area (Å²) in [7, 11) is -2.56. The molecule has 0 bridgehead atoms. The molecule has 2 aromatic rings. The number of amides is 1. The third-order valence-electron chi connectivity index (χ3n) is 6.77. The Balaban J connectivity index is 1.73. The van der Waals surface area contributed by atoms with Gasteiger partial charge in [-0.15, -0.1) is 0 Å². The van der Waals surface area contributed by atoms with Gasteiger partial charge in [0, 0.05) is 13.1 Å². The fourth-order valence-corrected chi connectivity index (χ4v) is 6.21. The Morgan fingerprint density at radius 2 is 1.65 bits per heavy atom. The molecule has 1 fully saturated rings. The number of nitriles is 1. The molecule has 1 aliphatic rings. The van der Waals surface area contributed by atoms with E-state index < -0.39 is 50.8 Å². The molecule has 1 saturated carbocycles. The van der Waals surface area contributed by atoms with Crippen molar-refractivity contribution in [3.8, 4) is 6.07 Å². The van der Waals surface area contributed by atoms with Crippen LogP contribution in [0.25, 0.3) is 0 Å². The van der Waals surface area contributed by atoms with Gasteiger partial charge in [-0.25, -0.2) is 13.1 Å². The van der Waals surface area contributed by atoms with Crippen molar-refractivity contribution in [3.05, 3.63) is 65.7 Å². The van der Waals surface area contributed by atoms with E-state index in [0.29, 0.717) is 17.7 Å². The maximum Gasteiger partial charge on any atom is 0.416 e. The second kappa shape index (κ2) is 10.4. The number of hydrogen-bond acceptors (Lipinski definition) is 5. The van der Waals surface area contributed by atoms with Crippen LogP contribution in [0.5, 0.6) is 0 Å². The van der Waals surface area contributed by atoms with Crippen molar-refractivity contribution in [3.63, 3.8) is 0 Å². The van der Waals surface area contributed by atoms with Crippen LogP contribution in [-0.4, -0.2) is 43.0 Å². The highest BCUT2D eigenvalue weighted by atomic mass is 32.2. The third kappa shape index (κ3) is 6.32. The predicted octanol–water partition coefficient (Wildman–Crippen LogP) is 4.41. The van der Waals surface area contributed by atoms with Crippen molar-refractivity contribution in [2.45, 2.75) is 68.3 Å². The van der Waals surface area contributed by atoms with Gasteiger partial charge in [0.15, 0.2) is 0 Å². The molecule has 11 heteroatoms. The number of benzene rings is 2. The summed E-state index contributed by atoms with van der Waals surface area (Å²) in [4.78, 5) is 14.7. The van der Waals surface area contributed by atoms with Gasteiger partial charge in [0.1, 0.15) is 5.41 Å². The highest BCUT2D eigenvalue weighted by Crippen LogP contribution is 2.41.